The van der Waals surface area contributed by atoms with Gasteiger partial charge in [-0.15, -0.1) is 0 Å². The first-order valence-corrected chi connectivity index (χ1v) is 8.10. The van der Waals surface area contributed by atoms with Gasteiger partial charge in [0.1, 0.15) is 5.76 Å². The third-order valence-corrected chi connectivity index (χ3v) is 4.36. The van der Waals surface area contributed by atoms with Gasteiger partial charge in [0.2, 0.25) is 0 Å². The van der Waals surface area contributed by atoms with Crippen molar-refractivity contribution < 1.29 is 9.21 Å². The average Bonchev–Trinajstić information content (AvgIpc) is 3.15. The van der Waals surface area contributed by atoms with Gasteiger partial charge < -0.3 is 15.1 Å². The van der Waals surface area contributed by atoms with E-state index in [0.717, 1.165) is 17.7 Å². The molecule has 3 rings (SSSR count). The third-order valence-electron chi connectivity index (χ3n) is 4.36. The molecule has 0 aliphatic carbocycles. The van der Waals surface area contributed by atoms with Crippen molar-refractivity contribution in [1.29, 1.82) is 0 Å². The Hall–Kier alpha value is -2.07. The summed E-state index contributed by atoms with van der Waals surface area (Å²) in [6, 6.07) is 12.0. The topological polar surface area (TPSA) is 59.5 Å². The van der Waals surface area contributed by atoms with E-state index >= 15 is 0 Å². The van der Waals surface area contributed by atoms with E-state index < -0.39 is 0 Å². The predicted molar refractivity (Wildman–Crippen MR) is 91.3 cm³/mol. The fourth-order valence-electron chi connectivity index (χ4n) is 2.87. The van der Waals surface area contributed by atoms with Crippen molar-refractivity contribution in [2.24, 2.45) is 5.73 Å². The van der Waals surface area contributed by atoms with Crippen LogP contribution in [0.25, 0.3) is 11.3 Å². The van der Waals surface area contributed by atoms with Crippen LogP contribution >= 0.6 is 0 Å². The highest BCUT2D eigenvalue weighted by Gasteiger charge is 2.26. The predicted octanol–water partition coefficient (Wildman–Crippen LogP) is 3.42. The van der Waals surface area contributed by atoms with E-state index in [1.54, 1.807) is 11.0 Å². The molecule has 1 aromatic carbocycles. The summed E-state index contributed by atoms with van der Waals surface area (Å²) in [6.07, 6.45) is 0.855. The maximum absolute atomic E-state index is 12.4. The molecule has 1 aliphatic rings. The van der Waals surface area contributed by atoms with Crippen molar-refractivity contribution in [3.8, 4) is 11.3 Å². The maximum atomic E-state index is 12.4. The zero-order valence-electron chi connectivity index (χ0n) is 14.0. The zero-order valence-corrected chi connectivity index (χ0v) is 14.0. The van der Waals surface area contributed by atoms with Crippen molar-refractivity contribution in [1.82, 2.24) is 4.90 Å². The fourth-order valence-corrected chi connectivity index (χ4v) is 2.87. The lowest BCUT2D eigenvalue weighted by molar-refractivity contribution is 0.0760. The first-order valence-electron chi connectivity index (χ1n) is 8.10. The van der Waals surface area contributed by atoms with Gasteiger partial charge >= 0.3 is 0 Å². The number of nitrogens with zero attached hydrogens (tertiary/aromatic N) is 1. The van der Waals surface area contributed by atoms with Crippen molar-refractivity contribution in [3.05, 3.63) is 47.7 Å². The van der Waals surface area contributed by atoms with Crippen LogP contribution in [0.3, 0.4) is 0 Å². The summed E-state index contributed by atoms with van der Waals surface area (Å²) in [4.78, 5) is 14.2. The summed E-state index contributed by atoms with van der Waals surface area (Å²) in [5, 5.41) is 0. The first-order chi connectivity index (χ1) is 10.8. The minimum atomic E-state index is -0.0736. The van der Waals surface area contributed by atoms with Crippen molar-refractivity contribution in [3.63, 3.8) is 0 Å². The quantitative estimate of drug-likeness (QED) is 0.924. The standard InChI is InChI=1S/C19H24N2O2/c1-19(2,3)14-6-4-13(5-7-14)16-8-9-17(23-16)18(22)21-11-10-15(20)12-21/h4-9,15H,10-12,20H2,1-3H3/t15-/m0/s1. The SMILES string of the molecule is CC(C)(C)c1ccc(-c2ccc(C(=O)N3CC[C@H](N)C3)o2)cc1. The number of hydrogen-bond donors (Lipinski definition) is 1. The lowest BCUT2D eigenvalue weighted by Crippen LogP contribution is -2.31. The molecule has 0 bridgehead atoms. The monoisotopic (exact) mass is 312 g/mol. The smallest absolute Gasteiger partial charge is 0.289 e. The number of furan rings is 1. The Morgan fingerprint density at radius 2 is 1.87 bits per heavy atom. The van der Waals surface area contributed by atoms with Crippen LogP contribution < -0.4 is 5.73 Å². The lowest BCUT2D eigenvalue weighted by Gasteiger charge is -2.18. The number of likely N-dealkylation sites (tertiary alicyclic amines) is 1. The molecule has 0 unspecified atom stereocenters. The molecule has 1 fully saturated rings. The second kappa shape index (κ2) is 5.85. The molecule has 1 saturated heterocycles. The number of benzene rings is 1. The van der Waals surface area contributed by atoms with Crippen molar-refractivity contribution >= 4 is 5.91 Å². The summed E-state index contributed by atoms with van der Waals surface area (Å²) in [6.45, 7) is 7.87. The molecular formula is C19H24N2O2. The Labute approximate surface area is 137 Å². The van der Waals surface area contributed by atoms with Crippen LogP contribution in [-0.2, 0) is 5.41 Å². The summed E-state index contributed by atoms with van der Waals surface area (Å²) in [5.74, 6) is 1.03. The number of amides is 1. The lowest BCUT2D eigenvalue weighted by atomic mass is 9.86. The van der Waals surface area contributed by atoms with E-state index in [1.807, 2.05) is 18.2 Å². The molecule has 1 aliphatic heterocycles. The highest BCUT2D eigenvalue weighted by Crippen LogP contribution is 2.27. The van der Waals surface area contributed by atoms with Gasteiger partial charge in [-0.2, -0.15) is 0 Å². The second-order valence-corrected chi connectivity index (χ2v) is 7.29. The average molecular weight is 312 g/mol. The Morgan fingerprint density at radius 1 is 1.17 bits per heavy atom. The van der Waals surface area contributed by atoms with Crippen molar-refractivity contribution in [2.45, 2.75) is 38.6 Å². The highest BCUT2D eigenvalue weighted by atomic mass is 16.4. The van der Waals surface area contributed by atoms with Gasteiger partial charge in [-0.25, -0.2) is 0 Å². The van der Waals surface area contributed by atoms with Crippen LogP contribution in [0.4, 0.5) is 0 Å². The molecule has 2 aromatic rings. The van der Waals surface area contributed by atoms with Crippen LogP contribution in [0, 0.1) is 0 Å². The minimum Gasteiger partial charge on any atom is -0.451 e. The number of hydrogen-bond acceptors (Lipinski definition) is 3. The van der Waals surface area contributed by atoms with E-state index in [2.05, 4.69) is 32.9 Å². The fraction of sp³-hybridized carbons (Fsp3) is 0.421. The minimum absolute atomic E-state index is 0.0736. The Kier molecular flexibility index (Phi) is 4.02. The molecule has 4 nitrogen and oxygen atoms in total. The molecule has 4 heteroatoms. The number of rotatable bonds is 2. The van der Waals surface area contributed by atoms with Gasteiger partial charge in [0, 0.05) is 24.7 Å². The number of carbonyl (C=O) groups is 1. The molecule has 122 valence electrons. The molecule has 2 N–H and O–H groups in total. The summed E-state index contributed by atoms with van der Waals surface area (Å²) in [5.41, 5.74) is 8.24. The Balaban J connectivity index is 1.78. The van der Waals surface area contributed by atoms with Gasteiger partial charge in [-0.1, -0.05) is 45.0 Å². The molecule has 2 heterocycles. The Morgan fingerprint density at radius 3 is 2.43 bits per heavy atom. The van der Waals surface area contributed by atoms with Crippen LogP contribution in [0.1, 0.15) is 43.3 Å². The molecule has 0 spiro atoms. The summed E-state index contributed by atoms with van der Waals surface area (Å²) in [7, 11) is 0. The highest BCUT2D eigenvalue weighted by molar-refractivity contribution is 5.92. The second-order valence-electron chi connectivity index (χ2n) is 7.29. The number of nitrogens with two attached hydrogens (primary N) is 1. The van der Waals surface area contributed by atoms with Crippen LogP contribution in [0.5, 0.6) is 0 Å². The third kappa shape index (κ3) is 3.32. The van der Waals surface area contributed by atoms with Crippen molar-refractivity contribution in [2.75, 3.05) is 13.1 Å². The van der Waals surface area contributed by atoms with E-state index in [4.69, 9.17) is 10.2 Å². The van der Waals surface area contributed by atoms with Gasteiger partial charge in [0.05, 0.1) is 0 Å². The number of carbonyl (C=O) groups excluding carboxylic acids is 1. The molecule has 0 saturated carbocycles. The molecule has 1 atom stereocenters. The van der Waals surface area contributed by atoms with Crippen LogP contribution in [0.2, 0.25) is 0 Å². The van der Waals surface area contributed by atoms with E-state index in [0.29, 0.717) is 18.8 Å². The Bertz CT molecular complexity index is 695. The van der Waals surface area contributed by atoms with E-state index in [1.165, 1.54) is 5.56 Å². The van der Waals surface area contributed by atoms with E-state index in [9.17, 15) is 4.79 Å². The van der Waals surface area contributed by atoms with Gasteiger partial charge in [-0.05, 0) is 29.5 Å². The normalized spacial score (nSPS) is 18.4. The zero-order chi connectivity index (χ0) is 16.6. The molecule has 23 heavy (non-hydrogen) atoms. The van der Waals surface area contributed by atoms with Gasteiger partial charge in [-0.3, -0.25) is 4.79 Å². The van der Waals surface area contributed by atoms with E-state index in [-0.39, 0.29) is 17.4 Å². The van der Waals surface area contributed by atoms with Gasteiger partial charge in [0.15, 0.2) is 5.76 Å². The van der Waals surface area contributed by atoms with Crippen LogP contribution in [-0.4, -0.2) is 29.9 Å². The molecule has 0 radical (unpaired) electrons. The first kappa shape index (κ1) is 15.8. The maximum Gasteiger partial charge on any atom is 0.289 e. The summed E-state index contributed by atoms with van der Waals surface area (Å²) >= 11 is 0. The molecule has 1 aromatic heterocycles. The molecular weight excluding hydrogens is 288 g/mol. The van der Waals surface area contributed by atoms with Gasteiger partial charge in [0.25, 0.3) is 5.91 Å². The molecule has 1 amide bonds. The van der Waals surface area contributed by atoms with Crippen LogP contribution in [0.15, 0.2) is 40.8 Å². The summed E-state index contributed by atoms with van der Waals surface area (Å²) < 4.78 is 5.77. The largest absolute Gasteiger partial charge is 0.451 e.